The van der Waals surface area contributed by atoms with Crippen LogP contribution < -0.4 is 5.32 Å². The molecule has 4 nitrogen and oxygen atoms in total. The summed E-state index contributed by atoms with van der Waals surface area (Å²) in [6.45, 7) is 1.39. The first-order chi connectivity index (χ1) is 8.65. The van der Waals surface area contributed by atoms with Gasteiger partial charge < -0.3 is 5.32 Å². The minimum atomic E-state index is -0.293. The molecular formula is C13H12N2O2S. The van der Waals surface area contributed by atoms with E-state index in [9.17, 15) is 9.59 Å². The fraction of sp³-hybridized carbons (Fsp3) is 0.154. The summed E-state index contributed by atoms with van der Waals surface area (Å²) in [6, 6.07) is 7.41. The van der Waals surface area contributed by atoms with Gasteiger partial charge in [0, 0.05) is 22.8 Å². The molecule has 1 heterocycles. The molecule has 0 aliphatic carbocycles. The molecule has 1 amide bonds. The summed E-state index contributed by atoms with van der Waals surface area (Å²) in [7, 11) is 0. The minimum Gasteiger partial charge on any atom is -0.326 e. The Morgan fingerprint density at radius 3 is 2.89 bits per heavy atom. The van der Waals surface area contributed by atoms with E-state index in [0.717, 1.165) is 10.6 Å². The molecule has 0 radical (unpaired) electrons. The number of nitrogens with zero attached hydrogens (tertiary/aromatic N) is 1. The van der Waals surface area contributed by atoms with Crippen LogP contribution in [0.1, 0.15) is 13.3 Å². The summed E-state index contributed by atoms with van der Waals surface area (Å²) < 4.78 is 0. The topological polar surface area (TPSA) is 59.1 Å². The Balaban J connectivity index is 2.13. The van der Waals surface area contributed by atoms with Crippen molar-refractivity contribution in [2.45, 2.75) is 13.3 Å². The second-order valence-electron chi connectivity index (χ2n) is 3.85. The SMILES string of the molecule is CC(=O)CC(=O)Nc1cccc(-c2nccs2)c1. The van der Waals surface area contributed by atoms with Crippen molar-refractivity contribution in [1.29, 1.82) is 0 Å². The van der Waals surface area contributed by atoms with Crippen molar-refractivity contribution in [2.24, 2.45) is 0 Å². The third-order valence-electron chi connectivity index (χ3n) is 2.24. The molecule has 0 atom stereocenters. The van der Waals surface area contributed by atoms with Gasteiger partial charge >= 0.3 is 0 Å². The molecule has 5 heteroatoms. The molecule has 1 aromatic carbocycles. The fourth-order valence-electron chi connectivity index (χ4n) is 1.53. The van der Waals surface area contributed by atoms with Gasteiger partial charge in [-0.25, -0.2) is 4.98 Å². The number of hydrogen-bond acceptors (Lipinski definition) is 4. The van der Waals surface area contributed by atoms with Crippen LogP contribution in [0.4, 0.5) is 5.69 Å². The Kier molecular flexibility index (Phi) is 3.84. The van der Waals surface area contributed by atoms with Crippen LogP contribution in [0.3, 0.4) is 0 Å². The minimum absolute atomic E-state index is 0.0958. The number of rotatable bonds is 4. The van der Waals surface area contributed by atoms with Crippen LogP contribution in [0.5, 0.6) is 0 Å². The molecule has 0 aliphatic rings. The van der Waals surface area contributed by atoms with E-state index >= 15 is 0 Å². The van der Waals surface area contributed by atoms with E-state index in [1.165, 1.54) is 18.3 Å². The second kappa shape index (κ2) is 5.55. The van der Waals surface area contributed by atoms with Gasteiger partial charge in [0.25, 0.3) is 0 Å². The van der Waals surface area contributed by atoms with Crippen LogP contribution in [0, 0.1) is 0 Å². The lowest BCUT2D eigenvalue weighted by atomic mass is 10.2. The first-order valence-electron chi connectivity index (χ1n) is 5.44. The molecule has 0 fully saturated rings. The summed E-state index contributed by atoms with van der Waals surface area (Å²) in [5.74, 6) is -0.442. The molecule has 1 N–H and O–H groups in total. The highest BCUT2D eigenvalue weighted by molar-refractivity contribution is 7.13. The van der Waals surface area contributed by atoms with Crippen molar-refractivity contribution in [2.75, 3.05) is 5.32 Å². The lowest BCUT2D eigenvalue weighted by molar-refractivity contribution is -0.124. The van der Waals surface area contributed by atoms with Gasteiger partial charge in [0.2, 0.25) is 5.91 Å². The van der Waals surface area contributed by atoms with Crippen molar-refractivity contribution in [1.82, 2.24) is 4.98 Å². The predicted octanol–water partition coefficient (Wildman–Crippen LogP) is 2.73. The zero-order valence-electron chi connectivity index (χ0n) is 9.84. The Labute approximate surface area is 109 Å². The standard InChI is InChI=1S/C13H12N2O2S/c1-9(16)7-12(17)15-11-4-2-3-10(8-11)13-14-5-6-18-13/h2-6,8H,7H2,1H3,(H,15,17). The summed E-state index contributed by atoms with van der Waals surface area (Å²) in [4.78, 5) is 26.5. The van der Waals surface area contributed by atoms with E-state index < -0.39 is 0 Å². The van der Waals surface area contributed by atoms with E-state index in [1.54, 1.807) is 12.3 Å². The van der Waals surface area contributed by atoms with E-state index in [0.29, 0.717) is 5.69 Å². The lowest BCUT2D eigenvalue weighted by Crippen LogP contribution is -2.14. The number of anilines is 1. The lowest BCUT2D eigenvalue weighted by Gasteiger charge is -2.05. The normalized spacial score (nSPS) is 10.1. The first kappa shape index (κ1) is 12.4. The van der Waals surface area contributed by atoms with Crippen LogP contribution in [0.25, 0.3) is 10.6 Å². The fourth-order valence-corrected chi connectivity index (χ4v) is 2.16. The Hall–Kier alpha value is -2.01. The van der Waals surface area contributed by atoms with Crippen LogP contribution in [-0.4, -0.2) is 16.7 Å². The highest BCUT2D eigenvalue weighted by Gasteiger charge is 2.07. The maximum Gasteiger partial charge on any atom is 0.231 e. The molecular weight excluding hydrogens is 248 g/mol. The molecule has 1 aromatic heterocycles. The Morgan fingerprint density at radius 2 is 2.22 bits per heavy atom. The quantitative estimate of drug-likeness (QED) is 0.860. The van der Waals surface area contributed by atoms with Gasteiger partial charge in [0.1, 0.15) is 10.8 Å². The van der Waals surface area contributed by atoms with Gasteiger partial charge in [0.05, 0.1) is 6.42 Å². The van der Waals surface area contributed by atoms with Crippen molar-refractivity contribution >= 4 is 28.7 Å². The highest BCUT2D eigenvalue weighted by Crippen LogP contribution is 2.24. The smallest absolute Gasteiger partial charge is 0.231 e. The first-order valence-corrected chi connectivity index (χ1v) is 6.32. The molecule has 0 saturated carbocycles. The molecule has 92 valence electrons. The van der Waals surface area contributed by atoms with Gasteiger partial charge in [-0.1, -0.05) is 12.1 Å². The van der Waals surface area contributed by atoms with Crippen molar-refractivity contribution < 1.29 is 9.59 Å². The molecule has 0 bridgehead atoms. The predicted molar refractivity (Wildman–Crippen MR) is 71.5 cm³/mol. The van der Waals surface area contributed by atoms with Crippen molar-refractivity contribution in [3.8, 4) is 10.6 Å². The van der Waals surface area contributed by atoms with Crippen LogP contribution in [-0.2, 0) is 9.59 Å². The number of amides is 1. The Bertz CT molecular complexity index is 564. The monoisotopic (exact) mass is 260 g/mol. The summed E-state index contributed by atoms with van der Waals surface area (Å²) in [5.41, 5.74) is 1.62. The number of thiazole rings is 1. The number of carbonyl (C=O) groups is 2. The second-order valence-corrected chi connectivity index (χ2v) is 4.74. The molecule has 0 unspecified atom stereocenters. The zero-order valence-corrected chi connectivity index (χ0v) is 10.7. The van der Waals surface area contributed by atoms with Crippen molar-refractivity contribution in [3.05, 3.63) is 35.8 Å². The largest absolute Gasteiger partial charge is 0.326 e. The number of ketones is 1. The number of carbonyl (C=O) groups excluding carboxylic acids is 2. The number of Topliss-reactive ketones (excluding diaryl/α,β-unsaturated/α-hetero) is 1. The van der Waals surface area contributed by atoms with Crippen LogP contribution >= 0.6 is 11.3 Å². The maximum atomic E-state index is 11.5. The van der Waals surface area contributed by atoms with Gasteiger partial charge in [0.15, 0.2) is 0 Å². The molecule has 2 aromatic rings. The molecule has 18 heavy (non-hydrogen) atoms. The summed E-state index contributed by atoms with van der Waals surface area (Å²) in [5, 5.41) is 5.49. The van der Waals surface area contributed by atoms with Gasteiger partial charge in [-0.3, -0.25) is 9.59 Å². The summed E-state index contributed by atoms with van der Waals surface area (Å²) >= 11 is 1.54. The zero-order chi connectivity index (χ0) is 13.0. The average Bonchev–Trinajstić information content (AvgIpc) is 2.81. The average molecular weight is 260 g/mol. The molecule has 0 spiro atoms. The Morgan fingerprint density at radius 1 is 1.39 bits per heavy atom. The van der Waals surface area contributed by atoms with E-state index in [1.807, 2.05) is 23.6 Å². The van der Waals surface area contributed by atoms with Crippen LogP contribution in [0.2, 0.25) is 0 Å². The highest BCUT2D eigenvalue weighted by atomic mass is 32.1. The van der Waals surface area contributed by atoms with Gasteiger partial charge in [-0.2, -0.15) is 0 Å². The van der Waals surface area contributed by atoms with Crippen molar-refractivity contribution in [3.63, 3.8) is 0 Å². The van der Waals surface area contributed by atoms with Gasteiger partial charge in [-0.05, 0) is 19.1 Å². The molecule has 0 aliphatic heterocycles. The van der Waals surface area contributed by atoms with Crippen LogP contribution in [0.15, 0.2) is 35.8 Å². The number of aromatic nitrogens is 1. The number of nitrogens with one attached hydrogen (secondary N) is 1. The molecule has 0 saturated heterocycles. The third-order valence-corrected chi connectivity index (χ3v) is 3.06. The summed E-state index contributed by atoms with van der Waals surface area (Å²) in [6.07, 6.45) is 1.64. The van der Waals surface area contributed by atoms with E-state index in [-0.39, 0.29) is 18.1 Å². The number of hydrogen-bond donors (Lipinski definition) is 1. The maximum absolute atomic E-state index is 11.5. The molecule has 2 rings (SSSR count). The van der Waals surface area contributed by atoms with Gasteiger partial charge in [-0.15, -0.1) is 11.3 Å². The third kappa shape index (κ3) is 3.24. The van der Waals surface area contributed by atoms with E-state index in [2.05, 4.69) is 10.3 Å². The van der Waals surface area contributed by atoms with E-state index in [4.69, 9.17) is 0 Å². The number of benzene rings is 1.